The van der Waals surface area contributed by atoms with Gasteiger partial charge in [-0.05, 0) is 56.2 Å². The number of halogens is 1. The van der Waals surface area contributed by atoms with Crippen LogP contribution in [0.15, 0.2) is 72.9 Å². The summed E-state index contributed by atoms with van der Waals surface area (Å²) in [6.45, 7) is 6.11. The number of rotatable bonds is 12. The van der Waals surface area contributed by atoms with E-state index in [0.717, 1.165) is 12.2 Å². The molecular weight excluding hydrogens is 462 g/mol. The first-order chi connectivity index (χ1) is 16.9. The Kier molecular flexibility index (Phi) is 9.94. The first-order valence-corrected chi connectivity index (χ1v) is 12.3. The molecule has 0 atom stereocenters. The smallest absolute Gasteiger partial charge is 0.254 e. The molecule has 0 fully saturated rings. The van der Waals surface area contributed by atoms with Gasteiger partial charge in [0.05, 0.1) is 6.54 Å². The van der Waals surface area contributed by atoms with Crippen molar-refractivity contribution in [1.29, 1.82) is 0 Å². The van der Waals surface area contributed by atoms with Crippen LogP contribution in [0.5, 0.6) is 0 Å². The summed E-state index contributed by atoms with van der Waals surface area (Å²) in [6, 6.07) is 21.1. The highest BCUT2D eigenvalue weighted by Gasteiger charge is 2.24. The zero-order valence-electron chi connectivity index (χ0n) is 20.7. The van der Waals surface area contributed by atoms with E-state index in [1.807, 2.05) is 55.3 Å². The fourth-order valence-corrected chi connectivity index (χ4v) is 4.16. The summed E-state index contributed by atoms with van der Waals surface area (Å²) in [5.74, 6) is -0.312. The molecule has 35 heavy (non-hydrogen) atoms. The minimum absolute atomic E-state index is 0.00731. The van der Waals surface area contributed by atoms with Crippen LogP contribution >= 0.6 is 11.6 Å². The molecule has 1 aromatic heterocycles. The molecule has 6 nitrogen and oxygen atoms in total. The average Bonchev–Trinajstić information content (AvgIpc) is 3.28. The van der Waals surface area contributed by atoms with Gasteiger partial charge in [0, 0.05) is 55.3 Å². The van der Waals surface area contributed by atoms with Crippen LogP contribution < -0.4 is 0 Å². The Labute approximate surface area is 213 Å². The van der Waals surface area contributed by atoms with Crippen LogP contribution in [-0.2, 0) is 22.6 Å². The molecule has 2 amide bonds. The van der Waals surface area contributed by atoms with Crippen molar-refractivity contribution < 1.29 is 14.3 Å². The lowest BCUT2D eigenvalue weighted by Crippen LogP contribution is -2.45. The van der Waals surface area contributed by atoms with Gasteiger partial charge in [0.2, 0.25) is 5.91 Å². The number of carbonyl (C=O) groups excluding carboxylic acids is 2. The quantitative estimate of drug-likeness (QED) is 0.328. The van der Waals surface area contributed by atoms with E-state index in [9.17, 15) is 9.59 Å². The zero-order valence-corrected chi connectivity index (χ0v) is 21.4. The lowest BCUT2D eigenvalue weighted by atomic mass is 10.2. The highest BCUT2D eigenvalue weighted by molar-refractivity contribution is 6.31. The number of nitrogens with zero attached hydrogens (tertiary/aromatic N) is 3. The predicted octanol–water partition coefficient (Wildman–Crippen LogP) is 5.11. The van der Waals surface area contributed by atoms with Crippen molar-refractivity contribution in [3.05, 3.63) is 94.8 Å². The predicted molar refractivity (Wildman–Crippen MR) is 140 cm³/mol. The number of aromatic nitrogens is 1. The van der Waals surface area contributed by atoms with Crippen LogP contribution in [0.3, 0.4) is 0 Å². The number of ether oxygens (including phenoxy) is 1. The van der Waals surface area contributed by atoms with Gasteiger partial charge in [-0.25, -0.2) is 0 Å². The van der Waals surface area contributed by atoms with Crippen molar-refractivity contribution in [2.75, 3.05) is 26.8 Å². The second-order valence-electron chi connectivity index (χ2n) is 8.81. The van der Waals surface area contributed by atoms with Crippen molar-refractivity contribution in [3.8, 4) is 0 Å². The molecule has 2 aromatic carbocycles. The van der Waals surface area contributed by atoms with E-state index in [2.05, 4.69) is 16.7 Å². The molecule has 0 aliphatic carbocycles. The molecule has 0 unspecified atom stereocenters. The number of hydrogen-bond donors (Lipinski definition) is 0. The van der Waals surface area contributed by atoms with E-state index in [1.165, 1.54) is 5.56 Å². The molecule has 0 N–H and O–H groups in total. The van der Waals surface area contributed by atoms with E-state index >= 15 is 0 Å². The highest BCUT2D eigenvalue weighted by atomic mass is 35.5. The topological polar surface area (TPSA) is 54.8 Å². The molecule has 7 heteroatoms. The van der Waals surface area contributed by atoms with E-state index in [4.69, 9.17) is 16.3 Å². The maximum Gasteiger partial charge on any atom is 0.254 e. The van der Waals surface area contributed by atoms with E-state index in [1.54, 1.807) is 36.3 Å². The standard InChI is InChI=1S/C28H34ClN3O3/c1-22(2)32(20-26-14-8-15-30(26)19-23-10-5-4-6-11-23)27(33)21-31(16-9-17-35-3)28(34)24-12-7-13-25(29)18-24/h4-8,10-15,18,22H,9,16-17,19-21H2,1-3H3. The van der Waals surface area contributed by atoms with Crippen LogP contribution in [0.2, 0.25) is 5.02 Å². The Balaban J connectivity index is 1.75. The Bertz CT molecular complexity index is 1100. The number of amides is 2. The monoisotopic (exact) mass is 495 g/mol. The van der Waals surface area contributed by atoms with Gasteiger partial charge >= 0.3 is 0 Å². The number of methoxy groups -OCH3 is 1. The molecule has 186 valence electrons. The molecule has 0 aliphatic heterocycles. The summed E-state index contributed by atoms with van der Waals surface area (Å²) >= 11 is 6.10. The number of hydrogen-bond acceptors (Lipinski definition) is 3. The van der Waals surface area contributed by atoms with Crippen LogP contribution in [0, 0.1) is 0 Å². The van der Waals surface area contributed by atoms with Crippen LogP contribution in [-0.4, -0.2) is 59.0 Å². The Morgan fingerprint density at radius 1 is 1.03 bits per heavy atom. The lowest BCUT2D eigenvalue weighted by molar-refractivity contribution is -0.134. The fourth-order valence-electron chi connectivity index (χ4n) is 3.97. The van der Waals surface area contributed by atoms with Gasteiger partial charge in [-0.2, -0.15) is 0 Å². The molecule has 0 saturated carbocycles. The van der Waals surface area contributed by atoms with Gasteiger partial charge in [-0.15, -0.1) is 0 Å². The first-order valence-electron chi connectivity index (χ1n) is 11.9. The zero-order chi connectivity index (χ0) is 25.2. The second kappa shape index (κ2) is 13.1. The highest BCUT2D eigenvalue weighted by Crippen LogP contribution is 2.16. The first kappa shape index (κ1) is 26.5. The fraction of sp³-hybridized carbons (Fsp3) is 0.357. The summed E-state index contributed by atoms with van der Waals surface area (Å²) in [4.78, 5) is 30.2. The van der Waals surface area contributed by atoms with Gasteiger partial charge in [0.25, 0.3) is 5.91 Å². The summed E-state index contributed by atoms with van der Waals surface area (Å²) in [5, 5.41) is 0.488. The summed E-state index contributed by atoms with van der Waals surface area (Å²) in [7, 11) is 1.62. The van der Waals surface area contributed by atoms with Crippen LogP contribution in [0.25, 0.3) is 0 Å². The van der Waals surface area contributed by atoms with Crippen LogP contribution in [0.4, 0.5) is 0 Å². The average molecular weight is 496 g/mol. The SMILES string of the molecule is COCCCN(CC(=O)N(Cc1cccn1Cc1ccccc1)C(C)C)C(=O)c1cccc(Cl)c1. The molecule has 1 heterocycles. The molecular formula is C28H34ClN3O3. The maximum absolute atomic E-state index is 13.5. The minimum atomic E-state index is -0.215. The maximum atomic E-state index is 13.5. The van der Waals surface area contributed by atoms with Crippen molar-refractivity contribution in [2.24, 2.45) is 0 Å². The third kappa shape index (κ3) is 7.70. The molecule has 0 saturated heterocycles. The van der Waals surface area contributed by atoms with Gasteiger partial charge in [-0.3, -0.25) is 9.59 Å². The third-order valence-corrected chi connectivity index (χ3v) is 6.09. The molecule has 0 radical (unpaired) electrons. The van der Waals surface area contributed by atoms with Gasteiger partial charge in [-0.1, -0.05) is 48.0 Å². The Hall–Kier alpha value is -3.09. The van der Waals surface area contributed by atoms with Gasteiger partial charge < -0.3 is 19.1 Å². The lowest BCUT2D eigenvalue weighted by Gasteiger charge is -2.31. The number of carbonyl (C=O) groups is 2. The van der Waals surface area contributed by atoms with Crippen molar-refractivity contribution >= 4 is 23.4 Å². The second-order valence-corrected chi connectivity index (χ2v) is 9.25. The van der Waals surface area contributed by atoms with Crippen molar-refractivity contribution in [3.63, 3.8) is 0 Å². The van der Waals surface area contributed by atoms with E-state index in [-0.39, 0.29) is 24.4 Å². The third-order valence-electron chi connectivity index (χ3n) is 5.86. The molecule has 0 aliphatic rings. The number of benzene rings is 2. The van der Waals surface area contributed by atoms with Crippen molar-refractivity contribution in [1.82, 2.24) is 14.4 Å². The Morgan fingerprint density at radius 2 is 1.80 bits per heavy atom. The largest absolute Gasteiger partial charge is 0.385 e. The van der Waals surface area contributed by atoms with Crippen LogP contribution in [0.1, 0.15) is 41.9 Å². The van der Waals surface area contributed by atoms with E-state index < -0.39 is 0 Å². The van der Waals surface area contributed by atoms with Gasteiger partial charge in [0.1, 0.15) is 6.54 Å². The van der Waals surface area contributed by atoms with Gasteiger partial charge in [0.15, 0.2) is 0 Å². The Morgan fingerprint density at radius 3 is 2.49 bits per heavy atom. The van der Waals surface area contributed by atoms with E-state index in [0.29, 0.717) is 36.7 Å². The molecule has 3 aromatic rings. The van der Waals surface area contributed by atoms with Crippen molar-refractivity contribution in [2.45, 2.75) is 39.4 Å². The molecule has 0 bridgehead atoms. The summed E-state index contributed by atoms with van der Waals surface area (Å²) in [6.07, 6.45) is 2.67. The normalized spacial score (nSPS) is 11.0. The molecule has 0 spiro atoms. The molecule has 3 rings (SSSR count). The summed E-state index contributed by atoms with van der Waals surface area (Å²) in [5.41, 5.74) is 2.71. The summed E-state index contributed by atoms with van der Waals surface area (Å²) < 4.78 is 7.32. The minimum Gasteiger partial charge on any atom is -0.385 e.